The first-order valence-corrected chi connectivity index (χ1v) is 6.53. The summed E-state index contributed by atoms with van der Waals surface area (Å²) in [5.74, 6) is 1.07. The summed E-state index contributed by atoms with van der Waals surface area (Å²) in [6, 6.07) is -0.452. The number of nitrogens with zero attached hydrogens (tertiary/aromatic N) is 2. The molecule has 1 N–H and O–H groups in total. The van der Waals surface area contributed by atoms with Gasteiger partial charge in [-0.3, -0.25) is 19.8 Å². The number of amides is 2. The lowest BCUT2D eigenvalue weighted by Crippen LogP contribution is -2.38. The second-order valence-electron chi connectivity index (χ2n) is 4.77. The van der Waals surface area contributed by atoms with E-state index in [0.29, 0.717) is 19.0 Å². The van der Waals surface area contributed by atoms with Gasteiger partial charge < -0.3 is 4.42 Å². The topological polar surface area (TPSA) is 75.4 Å². The number of aryl methyl sites for hydroxylation is 2. The van der Waals surface area contributed by atoms with E-state index in [1.165, 1.54) is 4.90 Å². The minimum Gasteiger partial charge on any atom is -0.444 e. The Morgan fingerprint density at radius 3 is 2.74 bits per heavy atom. The third-order valence-electron chi connectivity index (χ3n) is 3.26. The van der Waals surface area contributed by atoms with Crippen molar-refractivity contribution in [3.05, 3.63) is 17.3 Å². The molecular weight excluding hydrogens is 246 g/mol. The fourth-order valence-corrected chi connectivity index (χ4v) is 2.13. The van der Waals surface area contributed by atoms with Crippen LogP contribution in [0.4, 0.5) is 0 Å². The summed E-state index contributed by atoms with van der Waals surface area (Å²) in [6.45, 7) is 6.51. The molecule has 0 aromatic carbocycles. The maximum atomic E-state index is 12.0. The van der Waals surface area contributed by atoms with Gasteiger partial charge in [-0.2, -0.15) is 0 Å². The molecule has 1 unspecified atom stereocenters. The van der Waals surface area contributed by atoms with Crippen molar-refractivity contribution in [2.24, 2.45) is 0 Å². The number of oxazole rings is 1. The van der Waals surface area contributed by atoms with Crippen LogP contribution in [0, 0.1) is 13.8 Å². The Hall–Kier alpha value is -1.69. The van der Waals surface area contributed by atoms with Gasteiger partial charge in [0.15, 0.2) is 0 Å². The van der Waals surface area contributed by atoms with Crippen LogP contribution >= 0.6 is 0 Å². The summed E-state index contributed by atoms with van der Waals surface area (Å²) in [6.07, 6.45) is 1.000. The zero-order chi connectivity index (χ0) is 14.0. The number of hydrogen-bond acceptors (Lipinski definition) is 5. The summed E-state index contributed by atoms with van der Waals surface area (Å²) in [5, 5.41) is 3.04. The van der Waals surface area contributed by atoms with E-state index >= 15 is 0 Å². The first-order valence-electron chi connectivity index (χ1n) is 6.53. The number of carbonyl (C=O) groups is 2. The van der Waals surface area contributed by atoms with Crippen molar-refractivity contribution in [1.82, 2.24) is 15.2 Å². The zero-order valence-electron chi connectivity index (χ0n) is 11.5. The second-order valence-corrected chi connectivity index (χ2v) is 4.77. The van der Waals surface area contributed by atoms with Crippen molar-refractivity contribution in [1.29, 1.82) is 0 Å². The molecule has 2 rings (SSSR count). The molecule has 19 heavy (non-hydrogen) atoms. The van der Waals surface area contributed by atoms with Gasteiger partial charge in [0.25, 0.3) is 0 Å². The normalized spacial score (nSPS) is 19.5. The highest BCUT2D eigenvalue weighted by Crippen LogP contribution is 2.14. The maximum Gasteiger partial charge on any atom is 0.246 e. The van der Waals surface area contributed by atoms with E-state index in [1.54, 1.807) is 0 Å². The molecule has 1 aliphatic rings. The average molecular weight is 265 g/mol. The predicted octanol–water partition coefficient (Wildman–Crippen LogP) is 0.919. The molecule has 0 spiro atoms. The van der Waals surface area contributed by atoms with E-state index in [-0.39, 0.29) is 18.2 Å². The van der Waals surface area contributed by atoms with Crippen LogP contribution < -0.4 is 5.32 Å². The van der Waals surface area contributed by atoms with Crippen molar-refractivity contribution in [2.45, 2.75) is 46.2 Å². The van der Waals surface area contributed by atoms with Crippen LogP contribution in [0.15, 0.2) is 4.42 Å². The van der Waals surface area contributed by atoms with Crippen molar-refractivity contribution >= 4 is 11.8 Å². The third kappa shape index (κ3) is 2.84. The Labute approximate surface area is 112 Å². The first-order chi connectivity index (χ1) is 9.02. The standard InChI is InChI=1S/C13H19N3O3/c1-4-5-16-12(17)6-10(13(16)18)14-7-11-15-8(2)9(3)19-11/h10,14H,4-7H2,1-3H3. The highest BCUT2D eigenvalue weighted by molar-refractivity contribution is 6.05. The quantitative estimate of drug-likeness (QED) is 0.801. The SMILES string of the molecule is CCCN1C(=O)CC(NCc2nc(C)c(C)o2)C1=O. The Balaban J connectivity index is 1.93. The number of hydrogen-bond donors (Lipinski definition) is 1. The second kappa shape index (κ2) is 5.52. The zero-order valence-corrected chi connectivity index (χ0v) is 11.5. The number of likely N-dealkylation sites (tertiary alicyclic amines) is 1. The monoisotopic (exact) mass is 265 g/mol. The first kappa shape index (κ1) is 13.7. The fourth-order valence-electron chi connectivity index (χ4n) is 2.13. The van der Waals surface area contributed by atoms with Crippen LogP contribution in [0.1, 0.15) is 37.1 Å². The predicted molar refractivity (Wildman–Crippen MR) is 68.2 cm³/mol. The molecule has 0 saturated carbocycles. The lowest BCUT2D eigenvalue weighted by atomic mass is 10.2. The molecule has 2 heterocycles. The van der Waals surface area contributed by atoms with Gasteiger partial charge in [0.05, 0.1) is 24.7 Å². The van der Waals surface area contributed by atoms with E-state index < -0.39 is 6.04 Å². The fraction of sp³-hybridized carbons (Fsp3) is 0.615. The Morgan fingerprint density at radius 2 is 2.16 bits per heavy atom. The van der Waals surface area contributed by atoms with Crippen molar-refractivity contribution in [3.8, 4) is 0 Å². The third-order valence-corrected chi connectivity index (χ3v) is 3.26. The van der Waals surface area contributed by atoms with Gasteiger partial charge in [0.1, 0.15) is 5.76 Å². The van der Waals surface area contributed by atoms with Gasteiger partial charge in [0.2, 0.25) is 17.7 Å². The van der Waals surface area contributed by atoms with Gasteiger partial charge >= 0.3 is 0 Å². The Bertz CT molecular complexity index is 476. The number of nitrogens with one attached hydrogen (secondary N) is 1. The van der Waals surface area contributed by atoms with Crippen LogP contribution in [0.5, 0.6) is 0 Å². The number of aromatic nitrogens is 1. The molecule has 1 saturated heterocycles. The molecule has 0 radical (unpaired) electrons. The van der Waals surface area contributed by atoms with Crippen LogP contribution in [0.3, 0.4) is 0 Å². The molecule has 2 amide bonds. The van der Waals surface area contributed by atoms with Crippen LogP contribution in [-0.2, 0) is 16.1 Å². The van der Waals surface area contributed by atoms with Gasteiger partial charge in [-0.1, -0.05) is 6.92 Å². The van der Waals surface area contributed by atoms with Gasteiger partial charge in [-0.15, -0.1) is 0 Å². The number of carbonyl (C=O) groups excluding carboxylic acids is 2. The molecule has 1 aliphatic heterocycles. The highest BCUT2D eigenvalue weighted by Gasteiger charge is 2.37. The van der Waals surface area contributed by atoms with Crippen molar-refractivity contribution in [2.75, 3.05) is 6.54 Å². The summed E-state index contributed by atoms with van der Waals surface area (Å²) < 4.78 is 5.43. The summed E-state index contributed by atoms with van der Waals surface area (Å²) >= 11 is 0. The molecule has 0 bridgehead atoms. The molecular formula is C13H19N3O3. The van der Waals surface area contributed by atoms with Crippen molar-refractivity contribution < 1.29 is 14.0 Å². The van der Waals surface area contributed by atoms with E-state index in [4.69, 9.17) is 4.42 Å². The highest BCUT2D eigenvalue weighted by atomic mass is 16.4. The molecule has 1 aromatic heterocycles. The number of rotatable bonds is 5. The largest absolute Gasteiger partial charge is 0.444 e. The van der Waals surface area contributed by atoms with E-state index in [1.807, 2.05) is 20.8 Å². The molecule has 1 aromatic rings. The minimum absolute atomic E-state index is 0.107. The lowest BCUT2D eigenvalue weighted by Gasteiger charge is -2.13. The summed E-state index contributed by atoms with van der Waals surface area (Å²) in [5.41, 5.74) is 0.846. The van der Waals surface area contributed by atoms with Crippen LogP contribution in [-0.4, -0.2) is 34.3 Å². The average Bonchev–Trinajstić information content (AvgIpc) is 2.82. The number of imide groups is 1. The van der Waals surface area contributed by atoms with Gasteiger partial charge in [-0.25, -0.2) is 4.98 Å². The molecule has 1 atom stereocenters. The lowest BCUT2D eigenvalue weighted by molar-refractivity contribution is -0.138. The van der Waals surface area contributed by atoms with Crippen LogP contribution in [0.25, 0.3) is 0 Å². The molecule has 1 fully saturated rings. The summed E-state index contributed by atoms with van der Waals surface area (Å²) in [7, 11) is 0. The Morgan fingerprint density at radius 1 is 1.42 bits per heavy atom. The van der Waals surface area contributed by atoms with E-state index in [2.05, 4.69) is 10.3 Å². The van der Waals surface area contributed by atoms with Crippen LogP contribution in [0.2, 0.25) is 0 Å². The molecule has 6 nitrogen and oxygen atoms in total. The van der Waals surface area contributed by atoms with Crippen molar-refractivity contribution in [3.63, 3.8) is 0 Å². The smallest absolute Gasteiger partial charge is 0.246 e. The van der Waals surface area contributed by atoms with Gasteiger partial charge in [0, 0.05) is 6.54 Å². The summed E-state index contributed by atoms with van der Waals surface area (Å²) in [4.78, 5) is 29.2. The van der Waals surface area contributed by atoms with E-state index in [9.17, 15) is 9.59 Å². The maximum absolute atomic E-state index is 12.0. The molecule has 0 aliphatic carbocycles. The minimum atomic E-state index is -0.452. The van der Waals surface area contributed by atoms with E-state index in [0.717, 1.165) is 17.9 Å². The molecule has 104 valence electrons. The van der Waals surface area contributed by atoms with Gasteiger partial charge in [-0.05, 0) is 20.3 Å². The Kier molecular flexibility index (Phi) is 3.99. The molecule has 6 heteroatoms.